The van der Waals surface area contributed by atoms with Gasteiger partial charge in [-0.15, -0.1) is 0 Å². The summed E-state index contributed by atoms with van der Waals surface area (Å²) in [6, 6.07) is 0. The average molecular weight is 219 g/mol. The van der Waals surface area contributed by atoms with Crippen molar-refractivity contribution >= 4 is 11.9 Å². The van der Waals surface area contributed by atoms with Crippen LogP contribution < -0.4 is 5.32 Å². The van der Waals surface area contributed by atoms with Gasteiger partial charge < -0.3 is 19.9 Å². The van der Waals surface area contributed by atoms with Gasteiger partial charge in [-0.3, -0.25) is 9.59 Å². The Balaban J connectivity index is 3.43. The van der Waals surface area contributed by atoms with Gasteiger partial charge in [0, 0.05) is 13.7 Å². The lowest BCUT2D eigenvalue weighted by Crippen LogP contribution is -2.35. The third-order valence-corrected chi connectivity index (χ3v) is 1.74. The smallest absolute Gasteiger partial charge is 0.315 e. The summed E-state index contributed by atoms with van der Waals surface area (Å²) in [5.74, 6) is -2.66. The Bertz CT molecular complexity index is 207. The van der Waals surface area contributed by atoms with Crippen molar-refractivity contribution < 1.29 is 24.2 Å². The second kappa shape index (κ2) is 8.19. The zero-order valence-electron chi connectivity index (χ0n) is 8.99. The number of carbonyl (C=O) groups is 2. The number of amides is 1. The number of hydrogen-bond donors (Lipinski definition) is 2. The van der Waals surface area contributed by atoms with Crippen LogP contribution in [0.1, 0.15) is 6.92 Å². The Kier molecular flexibility index (Phi) is 7.57. The van der Waals surface area contributed by atoms with Crippen LogP contribution in [0.2, 0.25) is 0 Å². The minimum atomic E-state index is -1.13. The molecule has 6 heteroatoms. The SMILES string of the molecule is COCCOCCNC(=O)C(C)C(=O)O. The molecule has 1 amide bonds. The van der Waals surface area contributed by atoms with E-state index in [1.165, 1.54) is 6.92 Å². The van der Waals surface area contributed by atoms with Crippen molar-refractivity contribution in [2.24, 2.45) is 5.92 Å². The number of carboxylic acid groups (broad SMARTS) is 1. The predicted molar refractivity (Wildman–Crippen MR) is 52.5 cm³/mol. The summed E-state index contributed by atoms with van der Waals surface area (Å²) in [5.41, 5.74) is 0. The molecule has 15 heavy (non-hydrogen) atoms. The van der Waals surface area contributed by atoms with E-state index in [1.54, 1.807) is 7.11 Å². The Morgan fingerprint density at radius 3 is 2.53 bits per heavy atom. The maximum absolute atomic E-state index is 11.1. The number of ether oxygens (including phenoxy) is 2. The molecule has 0 bridgehead atoms. The van der Waals surface area contributed by atoms with Gasteiger partial charge in [-0.1, -0.05) is 0 Å². The first-order chi connectivity index (χ1) is 7.09. The van der Waals surface area contributed by atoms with Crippen LogP contribution in [0.25, 0.3) is 0 Å². The van der Waals surface area contributed by atoms with E-state index in [-0.39, 0.29) is 0 Å². The fraction of sp³-hybridized carbons (Fsp3) is 0.778. The van der Waals surface area contributed by atoms with Crippen molar-refractivity contribution in [3.05, 3.63) is 0 Å². The molecule has 0 heterocycles. The van der Waals surface area contributed by atoms with Crippen LogP contribution in [0.5, 0.6) is 0 Å². The molecule has 0 saturated carbocycles. The highest BCUT2D eigenvalue weighted by molar-refractivity contribution is 5.96. The van der Waals surface area contributed by atoms with Crippen molar-refractivity contribution in [1.29, 1.82) is 0 Å². The normalized spacial score (nSPS) is 12.1. The molecule has 0 aliphatic rings. The number of methoxy groups -OCH3 is 1. The minimum absolute atomic E-state index is 0.306. The van der Waals surface area contributed by atoms with Gasteiger partial charge in [-0.2, -0.15) is 0 Å². The van der Waals surface area contributed by atoms with Gasteiger partial charge in [0.1, 0.15) is 5.92 Å². The molecule has 0 spiro atoms. The molecule has 0 fully saturated rings. The van der Waals surface area contributed by atoms with Crippen LogP contribution in [0.3, 0.4) is 0 Å². The summed E-state index contributed by atoms with van der Waals surface area (Å²) in [6.07, 6.45) is 0. The minimum Gasteiger partial charge on any atom is -0.481 e. The molecule has 0 aromatic heterocycles. The predicted octanol–water partition coefficient (Wildman–Crippen LogP) is -0.514. The van der Waals surface area contributed by atoms with Crippen molar-refractivity contribution in [2.45, 2.75) is 6.92 Å². The van der Waals surface area contributed by atoms with Crippen molar-refractivity contribution in [1.82, 2.24) is 5.32 Å². The lowest BCUT2D eigenvalue weighted by molar-refractivity contribution is -0.146. The van der Waals surface area contributed by atoms with Crippen LogP contribution in [0.15, 0.2) is 0 Å². The van der Waals surface area contributed by atoms with Crippen LogP contribution >= 0.6 is 0 Å². The fourth-order valence-corrected chi connectivity index (χ4v) is 0.756. The first kappa shape index (κ1) is 13.9. The molecule has 6 nitrogen and oxygen atoms in total. The van der Waals surface area contributed by atoms with Crippen molar-refractivity contribution in [2.75, 3.05) is 33.5 Å². The summed E-state index contributed by atoms with van der Waals surface area (Å²) in [6.45, 7) is 2.95. The van der Waals surface area contributed by atoms with Crippen molar-refractivity contribution in [3.63, 3.8) is 0 Å². The molecule has 1 atom stereocenters. The quantitative estimate of drug-likeness (QED) is 0.424. The van der Waals surface area contributed by atoms with E-state index in [1.807, 2.05) is 0 Å². The zero-order valence-corrected chi connectivity index (χ0v) is 8.99. The second-order valence-electron chi connectivity index (χ2n) is 2.96. The number of aliphatic carboxylic acids is 1. The molecule has 0 saturated heterocycles. The fourth-order valence-electron chi connectivity index (χ4n) is 0.756. The molecule has 0 rings (SSSR count). The van der Waals surface area contributed by atoms with E-state index < -0.39 is 17.8 Å². The average Bonchev–Trinajstić information content (AvgIpc) is 2.21. The third kappa shape index (κ3) is 6.87. The van der Waals surface area contributed by atoms with E-state index in [2.05, 4.69) is 5.32 Å². The molecule has 2 N–H and O–H groups in total. The molecule has 88 valence electrons. The van der Waals surface area contributed by atoms with Gasteiger partial charge in [-0.05, 0) is 6.92 Å². The van der Waals surface area contributed by atoms with Gasteiger partial charge in [-0.25, -0.2) is 0 Å². The molecule has 0 aromatic rings. The Morgan fingerprint density at radius 2 is 2.00 bits per heavy atom. The highest BCUT2D eigenvalue weighted by atomic mass is 16.5. The number of nitrogens with one attached hydrogen (secondary N) is 1. The van der Waals surface area contributed by atoms with Gasteiger partial charge in [0.15, 0.2) is 0 Å². The molecular formula is C9H17NO5. The van der Waals surface area contributed by atoms with Crippen LogP contribution in [-0.4, -0.2) is 50.5 Å². The molecule has 0 radical (unpaired) electrons. The maximum Gasteiger partial charge on any atom is 0.315 e. The van der Waals surface area contributed by atoms with E-state index in [4.69, 9.17) is 14.6 Å². The Morgan fingerprint density at radius 1 is 1.33 bits per heavy atom. The highest BCUT2D eigenvalue weighted by Crippen LogP contribution is 1.93. The summed E-state index contributed by atoms with van der Waals surface area (Å²) >= 11 is 0. The van der Waals surface area contributed by atoms with Gasteiger partial charge in [0.2, 0.25) is 5.91 Å². The summed E-state index contributed by atoms with van der Waals surface area (Å²) in [5, 5.41) is 11.0. The first-order valence-corrected chi connectivity index (χ1v) is 4.66. The molecule has 0 aliphatic heterocycles. The summed E-state index contributed by atoms with van der Waals surface area (Å²) < 4.78 is 9.83. The third-order valence-electron chi connectivity index (χ3n) is 1.74. The van der Waals surface area contributed by atoms with E-state index in [9.17, 15) is 9.59 Å². The number of carboxylic acids is 1. The second-order valence-corrected chi connectivity index (χ2v) is 2.96. The summed E-state index contributed by atoms with van der Waals surface area (Å²) in [4.78, 5) is 21.5. The lowest BCUT2D eigenvalue weighted by Gasteiger charge is -2.08. The number of hydrogen-bond acceptors (Lipinski definition) is 4. The molecule has 0 aromatic carbocycles. The van der Waals surface area contributed by atoms with Crippen LogP contribution in [0.4, 0.5) is 0 Å². The topological polar surface area (TPSA) is 84.9 Å². The number of carbonyl (C=O) groups excluding carboxylic acids is 1. The van der Waals surface area contributed by atoms with E-state index in [0.29, 0.717) is 26.4 Å². The maximum atomic E-state index is 11.1. The van der Waals surface area contributed by atoms with Gasteiger partial charge in [0.05, 0.1) is 19.8 Å². The Hall–Kier alpha value is -1.14. The molecular weight excluding hydrogens is 202 g/mol. The van der Waals surface area contributed by atoms with Gasteiger partial charge in [0.25, 0.3) is 0 Å². The monoisotopic (exact) mass is 219 g/mol. The standard InChI is InChI=1S/C9H17NO5/c1-7(9(12)13)8(11)10-3-4-15-6-5-14-2/h7H,3-6H2,1-2H3,(H,10,11)(H,12,13). The first-order valence-electron chi connectivity index (χ1n) is 4.66. The lowest BCUT2D eigenvalue weighted by atomic mass is 10.2. The van der Waals surface area contributed by atoms with Crippen LogP contribution in [0, 0.1) is 5.92 Å². The van der Waals surface area contributed by atoms with E-state index in [0.717, 1.165) is 0 Å². The largest absolute Gasteiger partial charge is 0.481 e. The number of rotatable bonds is 8. The molecule has 0 aliphatic carbocycles. The Labute approximate surface area is 88.6 Å². The van der Waals surface area contributed by atoms with Crippen LogP contribution in [-0.2, 0) is 19.1 Å². The van der Waals surface area contributed by atoms with Crippen molar-refractivity contribution in [3.8, 4) is 0 Å². The molecule has 1 unspecified atom stereocenters. The van der Waals surface area contributed by atoms with E-state index >= 15 is 0 Å². The highest BCUT2D eigenvalue weighted by Gasteiger charge is 2.19. The summed E-state index contributed by atoms with van der Waals surface area (Å²) in [7, 11) is 1.57. The zero-order chi connectivity index (χ0) is 11.7. The van der Waals surface area contributed by atoms with Gasteiger partial charge >= 0.3 is 5.97 Å².